The van der Waals surface area contributed by atoms with Crippen molar-refractivity contribution in [2.45, 2.75) is 44.1 Å². The van der Waals surface area contributed by atoms with Crippen molar-refractivity contribution in [2.24, 2.45) is 17.8 Å². The molecule has 1 aliphatic heterocycles. The van der Waals surface area contributed by atoms with E-state index in [1.54, 1.807) is 24.3 Å². The van der Waals surface area contributed by atoms with Gasteiger partial charge in [-0.15, -0.1) is 0 Å². The van der Waals surface area contributed by atoms with E-state index in [-0.39, 0.29) is 12.3 Å². The minimum atomic E-state index is -0.672. The smallest absolute Gasteiger partial charge is 0.331 e. The Morgan fingerprint density at radius 2 is 1.71 bits per heavy atom. The van der Waals surface area contributed by atoms with Gasteiger partial charge >= 0.3 is 12.0 Å². The number of esters is 1. The number of nitrogens with one attached hydrogen (secondary N) is 2. The third-order valence-corrected chi connectivity index (χ3v) is 6.82. The normalized spacial score (nSPS) is 29.7. The van der Waals surface area contributed by atoms with Gasteiger partial charge in [0.1, 0.15) is 0 Å². The molecule has 0 saturated heterocycles. The predicted molar refractivity (Wildman–Crippen MR) is 110 cm³/mol. The molecule has 0 atom stereocenters. The van der Waals surface area contributed by atoms with E-state index in [2.05, 4.69) is 10.6 Å². The van der Waals surface area contributed by atoms with Gasteiger partial charge in [-0.2, -0.15) is 0 Å². The third-order valence-electron chi connectivity index (χ3n) is 6.82. The van der Waals surface area contributed by atoms with Crippen LogP contribution in [0.1, 0.15) is 44.1 Å². The summed E-state index contributed by atoms with van der Waals surface area (Å²) in [4.78, 5) is 36.3. The Morgan fingerprint density at radius 1 is 1.03 bits per heavy atom. The Balaban J connectivity index is 1.07. The van der Waals surface area contributed by atoms with Crippen LogP contribution in [0.5, 0.6) is 11.5 Å². The molecule has 5 aliphatic rings. The highest BCUT2D eigenvalue weighted by Crippen LogP contribution is 2.55. The van der Waals surface area contributed by atoms with E-state index in [0.717, 1.165) is 24.8 Å². The lowest BCUT2D eigenvalue weighted by molar-refractivity contribution is -0.143. The van der Waals surface area contributed by atoms with Gasteiger partial charge < -0.3 is 19.5 Å². The Bertz CT molecular complexity index is 905. The number of fused-ring (bicyclic) bond motifs is 1. The minimum Gasteiger partial charge on any atom is -0.454 e. The Kier molecular flexibility index (Phi) is 5.08. The van der Waals surface area contributed by atoms with Crippen molar-refractivity contribution in [3.63, 3.8) is 0 Å². The summed E-state index contributed by atoms with van der Waals surface area (Å²) in [5, 5.41) is 5.35. The Hall–Kier alpha value is -3.03. The zero-order valence-electron chi connectivity index (χ0n) is 17.2. The first-order chi connectivity index (χ1) is 15.0. The number of urea groups is 1. The van der Waals surface area contributed by atoms with Crippen LogP contribution in [0.2, 0.25) is 0 Å². The topological polar surface area (TPSA) is 103 Å². The summed E-state index contributed by atoms with van der Waals surface area (Å²) in [5.74, 6) is 2.03. The molecule has 31 heavy (non-hydrogen) atoms. The number of ether oxygens (including phenoxy) is 3. The molecule has 4 bridgehead atoms. The van der Waals surface area contributed by atoms with Gasteiger partial charge in [0.25, 0.3) is 5.91 Å². The fraction of sp³-hybridized carbons (Fsp3) is 0.522. The second-order valence-corrected chi connectivity index (χ2v) is 9.25. The summed E-state index contributed by atoms with van der Waals surface area (Å²) in [6, 6.07) is 4.77. The van der Waals surface area contributed by atoms with Crippen molar-refractivity contribution in [1.82, 2.24) is 10.6 Å². The summed E-state index contributed by atoms with van der Waals surface area (Å²) in [7, 11) is 0. The largest absolute Gasteiger partial charge is 0.454 e. The molecule has 0 radical (unpaired) electrons. The highest BCUT2D eigenvalue weighted by Gasteiger charge is 2.51. The monoisotopic (exact) mass is 426 g/mol. The van der Waals surface area contributed by atoms with E-state index < -0.39 is 24.5 Å². The molecule has 2 N–H and O–H groups in total. The van der Waals surface area contributed by atoms with Crippen molar-refractivity contribution in [3.8, 4) is 11.5 Å². The molecule has 4 saturated carbocycles. The van der Waals surface area contributed by atoms with Crippen LogP contribution in [-0.4, -0.2) is 36.8 Å². The van der Waals surface area contributed by atoms with E-state index in [1.165, 1.54) is 25.3 Å². The third kappa shape index (κ3) is 4.38. The lowest BCUT2D eigenvalue weighted by Crippen LogP contribution is -2.62. The summed E-state index contributed by atoms with van der Waals surface area (Å²) in [6.45, 7) is -0.339. The van der Waals surface area contributed by atoms with Gasteiger partial charge in [0.05, 0.1) is 0 Å². The lowest BCUT2D eigenvalue weighted by atomic mass is 9.53. The summed E-state index contributed by atoms with van der Waals surface area (Å²) in [5.41, 5.74) is 0.559. The second-order valence-electron chi connectivity index (χ2n) is 9.25. The van der Waals surface area contributed by atoms with Crippen LogP contribution >= 0.6 is 0 Å². The molecule has 1 heterocycles. The van der Waals surface area contributed by atoms with Gasteiger partial charge in [0.2, 0.25) is 6.79 Å². The van der Waals surface area contributed by atoms with Gasteiger partial charge in [-0.05, 0) is 80.1 Å². The molecular formula is C23H26N2O6. The molecule has 8 nitrogen and oxygen atoms in total. The average molecular weight is 426 g/mol. The molecular weight excluding hydrogens is 400 g/mol. The van der Waals surface area contributed by atoms with Gasteiger partial charge in [0, 0.05) is 11.6 Å². The maximum Gasteiger partial charge on any atom is 0.331 e. The number of benzene rings is 1. The van der Waals surface area contributed by atoms with Crippen LogP contribution in [0.25, 0.3) is 6.08 Å². The van der Waals surface area contributed by atoms with Crippen molar-refractivity contribution in [1.29, 1.82) is 0 Å². The summed E-state index contributed by atoms with van der Waals surface area (Å²) in [6.07, 6.45) is 9.61. The fourth-order valence-electron chi connectivity index (χ4n) is 6.06. The Labute approximate surface area is 180 Å². The van der Waals surface area contributed by atoms with E-state index in [4.69, 9.17) is 14.2 Å². The molecule has 0 unspecified atom stereocenters. The van der Waals surface area contributed by atoms with Crippen LogP contribution in [0.4, 0.5) is 4.79 Å². The predicted octanol–water partition coefficient (Wildman–Crippen LogP) is 2.77. The first kappa shape index (κ1) is 19.9. The molecule has 4 fully saturated rings. The highest BCUT2D eigenvalue weighted by atomic mass is 16.7. The zero-order chi connectivity index (χ0) is 21.4. The number of hydrogen-bond donors (Lipinski definition) is 2. The van der Waals surface area contributed by atoms with Crippen LogP contribution in [0.15, 0.2) is 24.3 Å². The number of carbonyl (C=O) groups excluding carboxylic acids is 3. The molecule has 164 valence electrons. The molecule has 8 heteroatoms. The number of rotatable bonds is 5. The van der Waals surface area contributed by atoms with E-state index in [1.807, 2.05) is 0 Å². The molecule has 0 aromatic heterocycles. The molecule has 4 aliphatic carbocycles. The Morgan fingerprint density at radius 3 is 2.42 bits per heavy atom. The lowest BCUT2D eigenvalue weighted by Gasteiger charge is -2.56. The van der Waals surface area contributed by atoms with Gasteiger partial charge in [-0.3, -0.25) is 10.1 Å². The molecule has 1 aromatic rings. The SMILES string of the molecule is O=C(COC(=O)C=Cc1ccc2c(c1)OCO2)NC(=O)NC12CC3CC(CC(C3)C1)C2. The number of imide groups is 1. The van der Waals surface area contributed by atoms with E-state index in [9.17, 15) is 14.4 Å². The molecule has 3 amide bonds. The molecule has 1 aromatic carbocycles. The second kappa shape index (κ2) is 7.90. The van der Waals surface area contributed by atoms with Gasteiger partial charge in [-0.1, -0.05) is 6.07 Å². The van der Waals surface area contributed by atoms with E-state index in [0.29, 0.717) is 29.3 Å². The summed E-state index contributed by atoms with van der Waals surface area (Å²) < 4.78 is 15.5. The first-order valence-corrected chi connectivity index (χ1v) is 10.8. The van der Waals surface area contributed by atoms with Crippen molar-refractivity contribution in [3.05, 3.63) is 29.8 Å². The quantitative estimate of drug-likeness (QED) is 0.554. The number of carbonyl (C=O) groups is 3. The van der Waals surface area contributed by atoms with Crippen LogP contribution in [0.3, 0.4) is 0 Å². The minimum absolute atomic E-state index is 0.177. The van der Waals surface area contributed by atoms with Crippen LogP contribution < -0.4 is 20.1 Å². The summed E-state index contributed by atoms with van der Waals surface area (Å²) >= 11 is 0. The van der Waals surface area contributed by atoms with Crippen LogP contribution in [0, 0.1) is 17.8 Å². The number of hydrogen-bond acceptors (Lipinski definition) is 6. The molecule has 6 rings (SSSR count). The maximum atomic E-state index is 12.4. The van der Waals surface area contributed by atoms with Crippen molar-refractivity contribution < 1.29 is 28.6 Å². The van der Waals surface area contributed by atoms with Crippen molar-refractivity contribution >= 4 is 24.0 Å². The maximum absolute atomic E-state index is 12.4. The fourth-order valence-corrected chi connectivity index (χ4v) is 6.06. The van der Waals surface area contributed by atoms with Crippen LogP contribution in [-0.2, 0) is 14.3 Å². The first-order valence-electron chi connectivity index (χ1n) is 10.8. The standard InChI is InChI=1S/C23H26N2O6/c26-20(12-29-21(27)4-2-14-1-3-18-19(8-14)31-13-30-18)24-22(28)25-23-9-15-5-16(10-23)7-17(6-15)11-23/h1-4,8,15-17H,5-7,9-13H2,(H2,24,25,26,28). The zero-order valence-corrected chi connectivity index (χ0v) is 17.2. The number of amides is 3. The van der Waals surface area contributed by atoms with E-state index >= 15 is 0 Å². The van der Waals surface area contributed by atoms with Gasteiger partial charge in [-0.25, -0.2) is 9.59 Å². The van der Waals surface area contributed by atoms with Gasteiger partial charge in [0.15, 0.2) is 18.1 Å². The van der Waals surface area contributed by atoms with Crippen molar-refractivity contribution in [2.75, 3.05) is 13.4 Å². The highest BCUT2D eigenvalue weighted by molar-refractivity contribution is 5.96. The average Bonchev–Trinajstić information content (AvgIpc) is 3.17. The molecule has 0 spiro atoms.